The number of hydrogen-bond donors (Lipinski definition) is 1. The zero-order valence-electron chi connectivity index (χ0n) is 19.1. The van der Waals surface area contributed by atoms with Gasteiger partial charge in [0.1, 0.15) is 6.04 Å². The molecule has 0 saturated heterocycles. The number of rotatable bonds is 8. The summed E-state index contributed by atoms with van der Waals surface area (Å²) in [4.78, 5) is 28.9. The first-order valence-electron chi connectivity index (χ1n) is 11.2. The number of amides is 2. The average molecular weight is 483 g/mol. The lowest BCUT2D eigenvalue weighted by Gasteiger charge is -2.32. The highest BCUT2D eigenvalue weighted by molar-refractivity contribution is 6.31. The Morgan fingerprint density at radius 2 is 1.79 bits per heavy atom. The van der Waals surface area contributed by atoms with Gasteiger partial charge in [-0.25, -0.2) is 0 Å². The van der Waals surface area contributed by atoms with Crippen LogP contribution in [0.25, 0.3) is 0 Å². The third-order valence-corrected chi connectivity index (χ3v) is 6.20. The van der Waals surface area contributed by atoms with Crippen molar-refractivity contribution in [2.24, 2.45) is 0 Å². The van der Waals surface area contributed by atoms with Crippen LogP contribution >= 0.6 is 11.6 Å². The molecule has 2 amide bonds. The summed E-state index contributed by atoms with van der Waals surface area (Å²) in [5.41, 5.74) is 1.03. The molecule has 1 heterocycles. The first kappa shape index (κ1) is 23.7. The Morgan fingerprint density at radius 3 is 2.44 bits per heavy atom. The fourth-order valence-corrected chi connectivity index (χ4v) is 4.50. The molecule has 0 bridgehead atoms. The van der Waals surface area contributed by atoms with Crippen LogP contribution in [0, 0.1) is 0 Å². The van der Waals surface area contributed by atoms with Crippen molar-refractivity contribution in [2.75, 3.05) is 19.1 Å². The number of halogens is 1. The van der Waals surface area contributed by atoms with Crippen LogP contribution < -0.4 is 19.7 Å². The van der Waals surface area contributed by atoms with Crippen molar-refractivity contribution in [3.63, 3.8) is 0 Å². The van der Waals surface area contributed by atoms with E-state index in [9.17, 15) is 9.59 Å². The number of nitrogens with one attached hydrogen (secondary N) is 1. The number of hydrogen-bond acceptors (Lipinski definition) is 5. The third kappa shape index (κ3) is 5.04. The van der Waals surface area contributed by atoms with Crippen molar-refractivity contribution in [3.8, 4) is 11.5 Å². The van der Waals surface area contributed by atoms with E-state index in [1.54, 1.807) is 61.7 Å². The van der Waals surface area contributed by atoms with E-state index in [1.807, 2.05) is 0 Å². The monoisotopic (exact) mass is 482 g/mol. The summed E-state index contributed by atoms with van der Waals surface area (Å²) in [6.45, 7) is 0. The molecule has 1 aromatic heterocycles. The van der Waals surface area contributed by atoms with Crippen molar-refractivity contribution in [3.05, 3.63) is 77.2 Å². The first-order valence-corrected chi connectivity index (χ1v) is 11.5. The maximum absolute atomic E-state index is 13.8. The lowest BCUT2D eigenvalue weighted by atomic mass is 10.0. The van der Waals surface area contributed by atoms with E-state index in [-0.39, 0.29) is 17.7 Å². The Hall–Kier alpha value is -3.45. The smallest absolute Gasteiger partial charge is 0.294 e. The van der Waals surface area contributed by atoms with Gasteiger partial charge in [-0.2, -0.15) is 0 Å². The second-order valence-electron chi connectivity index (χ2n) is 8.14. The highest BCUT2D eigenvalue weighted by Gasteiger charge is 2.36. The zero-order valence-corrected chi connectivity index (χ0v) is 19.9. The fourth-order valence-electron chi connectivity index (χ4n) is 4.32. The predicted molar refractivity (Wildman–Crippen MR) is 130 cm³/mol. The fraction of sp³-hybridized carbons (Fsp3) is 0.308. The summed E-state index contributed by atoms with van der Waals surface area (Å²) in [6.07, 6.45) is 5.37. The zero-order chi connectivity index (χ0) is 24.1. The molecule has 0 aliphatic heterocycles. The van der Waals surface area contributed by atoms with E-state index in [0.29, 0.717) is 27.8 Å². The van der Waals surface area contributed by atoms with Crippen LogP contribution in [-0.4, -0.2) is 32.1 Å². The third-order valence-electron chi connectivity index (χ3n) is 5.97. The van der Waals surface area contributed by atoms with Gasteiger partial charge in [-0.05, 0) is 60.9 Å². The molecule has 1 N–H and O–H groups in total. The molecule has 34 heavy (non-hydrogen) atoms. The SMILES string of the molecule is COc1ccc([C@H](C(=O)NC2CCCC2)N(C(=O)c2ccco2)c2cccc(Cl)c2)cc1OC. The van der Waals surface area contributed by atoms with E-state index in [0.717, 1.165) is 25.7 Å². The van der Waals surface area contributed by atoms with Gasteiger partial charge in [0.2, 0.25) is 5.91 Å². The van der Waals surface area contributed by atoms with Crippen LogP contribution in [0.3, 0.4) is 0 Å². The van der Waals surface area contributed by atoms with Gasteiger partial charge in [0, 0.05) is 16.8 Å². The summed E-state index contributed by atoms with van der Waals surface area (Å²) >= 11 is 6.28. The molecule has 1 atom stereocenters. The van der Waals surface area contributed by atoms with Gasteiger partial charge >= 0.3 is 0 Å². The van der Waals surface area contributed by atoms with Gasteiger partial charge in [0.05, 0.1) is 20.5 Å². The number of anilines is 1. The van der Waals surface area contributed by atoms with Crippen molar-refractivity contribution in [1.82, 2.24) is 5.32 Å². The molecule has 1 aliphatic rings. The average Bonchev–Trinajstić information content (AvgIpc) is 3.56. The van der Waals surface area contributed by atoms with Crippen molar-refractivity contribution < 1.29 is 23.5 Å². The van der Waals surface area contributed by atoms with Crippen molar-refractivity contribution in [2.45, 2.75) is 37.8 Å². The van der Waals surface area contributed by atoms with Gasteiger partial charge in [-0.15, -0.1) is 0 Å². The van der Waals surface area contributed by atoms with Crippen LogP contribution in [0.4, 0.5) is 5.69 Å². The summed E-state index contributed by atoms with van der Waals surface area (Å²) in [7, 11) is 3.07. The molecule has 8 heteroatoms. The number of methoxy groups -OCH3 is 2. The minimum atomic E-state index is -1.00. The number of furan rings is 1. The van der Waals surface area contributed by atoms with E-state index < -0.39 is 11.9 Å². The lowest BCUT2D eigenvalue weighted by molar-refractivity contribution is -0.123. The first-order chi connectivity index (χ1) is 16.5. The normalized spacial score (nSPS) is 14.4. The quantitative estimate of drug-likeness (QED) is 0.465. The van der Waals surface area contributed by atoms with Crippen LogP contribution in [0.5, 0.6) is 11.5 Å². The van der Waals surface area contributed by atoms with E-state index in [2.05, 4.69) is 5.32 Å². The Balaban J connectivity index is 1.85. The molecular formula is C26H27ClN2O5. The molecular weight excluding hydrogens is 456 g/mol. The second-order valence-corrected chi connectivity index (χ2v) is 8.58. The maximum atomic E-state index is 13.8. The molecule has 0 radical (unpaired) electrons. The van der Waals surface area contributed by atoms with Gasteiger partial charge in [0.25, 0.3) is 5.91 Å². The molecule has 2 aromatic carbocycles. The van der Waals surface area contributed by atoms with Crippen molar-refractivity contribution >= 4 is 29.1 Å². The number of nitrogens with zero attached hydrogens (tertiary/aromatic N) is 1. The molecule has 0 unspecified atom stereocenters. The highest BCUT2D eigenvalue weighted by atomic mass is 35.5. The van der Waals surface area contributed by atoms with E-state index >= 15 is 0 Å². The number of ether oxygens (including phenoxy) is 2. The molecule has 1 aliphatic carbocycles. The van der Waals surface area contributed by atoms with Crippen LogP contribution in [-0.2, 0) is 4.79 Å². The number of benzene rings is 2. The number of carbonyl (C=O) groups excluding carboxylic acids is 2. The molecule has 1 fully saturated rings. The minimum absolute atomic E-state index is 0.0649. The van der Waals surface area contributed by atoms with Crippen LogP contribution in [0.15, 0.2) is 65.3 Å². The molecule has 1 saturated carbocycles. The number of carbonyl (C=O) groups is 2. The van der Waals surface area contributed by atoms with Gasteiger partial charge in [-0.1, -0.05) is 36.6 Å². The Labute approximate surface area is 203 Å². The predicted octanol–water partition coefficient (Wildman–Crippen LogP) is 5.40. The topological polar surface area (TPSA) is 81.0 Å². The minimum Gasteiger partial charge on any atom is -0.493 e. The Bertz CT molecular complexity index is 1140. The van der Waals surface area contributed by atoms with Crippen LogP contribution in [0.2, 0.25) is 5.02 Å². The molecule has 4 rings (SSSR count). The molecule has 0 spiro atoms. The van der Waals surface area contributed by atoms with Gasteiger partial charge in [-0.3, -0.25) is 14.5 Å². The van der Waals surface area contributed by atoms with Crippen molar-refractivity contribution in [1.29, 1.82) is 0 Å². The largest absolute Gasteiger partial charge is 0.493 e. The maximum Gasteiger partial charge on any atom is 0.294 e. The summed E-state index contributed by atoms with van der Waals surface area (Å²) < 4.78 is 16.3. The summed E-state index contributed by atoms with van der Waals surface area (Å²) in [5, 5.41) is 3.58. The highest BCUT2D eigenvalue weighted by Crippen LogP contribution is 2.36. The Morgan fingerprint density at radius 1 is 1.03 bits per heavy atom. The molecule has 178 valence electrons. The lowest BCUT2D eigenvalue weighted by Crippen LogP contribution is -2.46. The van der Waals surface area contributed by atoms with Gasteiger partial charge in [0.15, 0.2) is 17.3 Å². The van der Waals surface area contributed by atoms with E-state index in [4.69, 9.17) is 25.5 Å². The second kappa shape index (κ2) is 10.7. The van der Waals surface area contributed by atoms with Crippen LogP contribution in [0.1, 0.15) is 47.8 Å². The van der Waals surface area contributed by atoms with E-state index in [1.165, 1.54) is 18.3 Å². The standard InChI is InChI=1S/C26H27ClN2O5/c1-32-21-13-12-17(15-23(21)33-2)24(25(30)28-19-8-3-4-9-19)29(20-10-5-7-18(27)16-20)26(31)22-11-6-14-34-22/h5-7,10-16,19,24H,3-4,8-9H2,1-2H3,(H,28,30)/t24-/m1/s1. The molecule has 3 aromatic rings. The molecule has 7 nitrogen and oxygen atoms in total. The summed E-state index contributed by atoms with van der Waals surface area (Å²) in [5.74, 6) is 0.328. The Kier molecular flexibility index (Phi) is 7.43. The van der Waals surface area contributed by atoms with Gasteiger partial charge < -0.3 is 19.2 Å². The summed E-state index contributed by atoms with van der Waals surface area (Å²) in [6, 6.07) is 14.3.